The molecule has 0 aromatic rings. The van der Waals surface area contributed by atoms with E-state index in [1.807, 2.05) is 6.92 Å². The van der Waals surface area contributed by atoms with Gasteiger partial charge >= 0.3 is 0 Å². The molecule has 0 heterocycles. The molecular weight excluding hydrogens is 322 g/mol. The summed E-state index contributed by atoms with van der Waals surface area (Å²) in [5, 5.41) is 15.7. The van der Waals surface area contributed by atoms with E-state index in [9.17, 15) is 0 Å². The first kappa shape index (κ1) is 25.8. The van der Waals surface area contributed by atoms with Crippen LogP contribution < -0.4 is 16.4 Å². The molecule has 0 saturated heterocycles. The SMILES string of the molecule is CC(N)CNC(C)CNCCCCCCCCCCCCCCCCO. The van der Waals surface area contributed by atoms with Gasteiger partial charge in [0.1, 0.15) is 0 Å². The van der Waals surface area contributed by atoms with Crippen LogP contribution in [0.1, 0.15) is 104 Å². The van der Waals surface area contributed by atoms with E-state index in [0.29, 0.717) is 12.6 Å². The molecule has 0 aliphatic carbocycles. The van der Waals surface area contributed by atoms with Crippen LogP contribution in [0.5, 0.6) is 0 Å². The first-order valence-electron chi connectivity index (χ1n) is 11.5. The van der Waals surface area contributed by atoms with Crippen molar-refractivity contribution >= 4 is 0 Å². The Morgan fingerprint density at radius 2 is 1.08 bits per heavy atom. The molecule has 0 aliphatic rings. The fourth-order valence-corrected chi connectivity index (χ4v) is 3.26. The summed E-state index contributed by atoms with van der Waals surface area (Å²) in [7, 11) is 0. The third-order valence-corrected chi connectivity index (χ3v) is 5.00. The lowest BCUT2D eigenvalue weighted by Gasteiger charge is -2.16. The van der Waals surface area contributed by atoms with Gasteiger partial charge in [-0.15, -0.1) is 0 Å². The fraction of sp³-hybridized carbons (Fsp3) is 1.00. The molecule has 4 heteroatoms. The maximum Gasteiger partial charge on any atom is 0.0431 e. The van der Waals surface area contributed by atoms with E-state index in [4.69, 9.17) is 10.8 Å². The zero-order valence-corrected chi connectivity index (χ0v) is 17.9. The molecule has 0 rings (SSSR count). The van der Waals surface area contributed by atoms with Crippen molar-refractivity contribution in [2.24, 2.45) is 5.73 Å². The molecule has 158 valence electrons. The van der Waals surface area contributed by atoms with Gasteiger partial charge in [0.2, 0.25) is 0 Å². The van der Waals surface area contributed by atoms with Gasteiger partial charge in [-0.05, 0) is 33.2 Å². The molecule has 0 fully saturated rings. The van der Waals surface area contributed by atoms with Gasteiger partial charge in [0.05, 0.1) is 0 Å². The van der Waals surface area contributed by atoms with E-state index in [-0.39, 0.29) is 6.04 Å². The molecule has 0 bridgehead atoms. The lowest BCUT2D eigenvalue weighted by atomic mass is 10.0. The monoisotopic (exact) mass is 371 g/mol. The maximum atomic E-state index is 8.73. The number of aliphatic hydroxyl groups excluding tert-OH is 1. The van der Waals surface area contributed by atoms with Crippen molar-refractivity contribution < 1.29 is 5.11 Å². The van der Waals surface area contributed by atoms with E-state index in [1.54, 1.807) is 0 Å². The summed E-state index contributed by atoms with van der Waals surface area (Å²) in [6, 6.07) is 0.737. The number of unbranched alkanes of at least 4 members (excludes halogenated alkanes) is 13. The lowest BCUT2D eigenvalue weighted by molar-refractivity contribution is 0.282. The quantitative estimate of drug-likeness (QED) is 0.226. The fourth-order valence-electron chi connectivity index (χ4n) is 3.26. The lowest BCUT2D eigenvalue weighted by Crippen LogP contribution is -2.41. The highest BCUT2D eigenvalue weighted by molar-refractivity contribution is 4.67. The number of aliphatic hydroxyl groups is 1. The molecule has 2 unspecified atom stereocenters. The predicted molar refractivity (Wildman–Crippen MR) is 116 cm³/mol. The summed E-state index contributed by atoms with van der Waals surface area (Å²) in [4.78, 5) is 0. The highest BCUT2D eigenvalue weighted by Crippen LogP contribution is 2.12. The van der Waals surface area contributed by atoms with Gasteiger partial charge in [-0.25, -0.2) is 0 Å². The Bertz CT molecular complexity index is 262. The van der Waals surface area contributed by atoms with Crippen molar-refractivity contribution in [2.75, 3.05) is 26.2 Å². The Kier molecular flexibility index (Phi) is 21.0. The molecule has 2 atom stereocenters. The van der Waals surface area contributed by atoms with E-state index in [0.717, 1.165) is 26.1 Å². The van der Waals surface area contributed by atoms with Crippen LogP contribution in [0, 0.1) is 0 Å². The normalized spacial score (nSPS) is 13.8. The van der Waals surface area contributed by atoms with E-state index in [2.05, 4.69) is 17.6 Å². The molecular formula is C22H49N3O. The molecule has 0 spiro atoms. The minimum absolute atomic E-state index is 0.236. The Morgan fingerprint density at radius 1 is 0.654 bits per heavy atom. The van der Waals surface area contributed by atoms with Crippen LogP contribution in [0.4, 0.5) is 0 Å². The van der Waals surface area contributed by atoms with Crippen LogP contribution in [-0.4, -0.2) is 43.4 Å². The van der Waals surface area contributed by atoms with Crippen LogP contribution in [0.15, 0.2) is 0 Å². The summed E-state index contributed by atoms with van der Waals surface area (Å²) >= 11 is 0. The van der Waals surface area contributed by atoms with Gasteiger partial charge in [-0.3, -0.25) is 0 Å². The van der Waals surface area contributed by atoms with Gasteiger partial charge in [0, 0.05) is 31.8 Å². The number of hydrogen-bond acceptors (Lipinski definition) is 4. The van der Waals surface area contributed by atoms with Gasteiger partial charge in [-0.1, -0.05) is 77.0 Å². The average Bonchev–Trinajstić information content (AvgIpc) is 2.62. The molecule has 0 aliphatic heterocycles. The van der Waals surface area contributed by atoms with Crippen LogP contribution in [0.25, 0.3) is 0 Å². The number of hydrogen-bond donors (Lipinski definition) is 4. The average molecular weight is 372 g/mol. The summed E-state index contributed by atoms with van der Waals surface area (Å²) in [5.74, 6) is 0. The number of rotatable bonds is 21. The second-order valence-corrected chi connectivity index (χ2v) is 8.16. The standard InChI is InChI=1S/C22H49N3O/c1-21(23)19-25-22(2)20-24-17-15-13-11-9-7-5-3-4-6-8-10-12-14-16-18-26/h21-22,24-26H,3-20,23H2,1-2H3. The Hall–Kier alpha value is -0.160. The Balaban J connectivity index is 3.07. The van der Waals surface area contributed by atoms with Crippen LogP contribution in [-0.2, 0) is 0 Å². The second kappa shape index (κ2) is 21.1. The molecule has 0 aromatic heterocycles. The Labute approximate surface area is 164 Å². The van der Waals surface area contributed by atoms with Crippen molar-refractivity contribution in [3.05, 3.63) is 0 Å². The third-order valence-electron chi connectivity index (χ3n) is 5.00. The highest BCUT2D eigenvalue weighted by atomic mass is 16.2. The smallest absolute Gasteiger partial charge is 0.0431 e. The minimum Gasteiger partial charge on any atom is -0.396 e. The van der Waals surface area contributed by atoms with Gasteiger partial charge in [0.15, 0.2) is 0 Å². The predicted octanol–water partition coefficient (Wildman–Crippen LogP) is 4.36. The van der Waals surface area contributed by atoms with Crippen molar-refractivity contribution in [1.82, 2.24) is 10.6 Å². The summed E-state index contributed by atoms with van der Waals surface area (Å²) in [6.45, 7) is 7.69. The highest BCUT2D eigenvalue weighted by Gasteiger charge is 2.01. The zero-order valence-electron chi connectivity index (χ0n) is 17.9. The molecule has 0 saturated carbocycles. The largest absolute Gasteiger partial charge is 0.396 e. The van der Waals surface area contributed by atoms with Crippen LogP contribution in [0.3, 0.4) is 0 Å². The van der Waals surface area contributed by atoms with Gasteiger partial charge in [0.25, 0.3) is 0 Å². The van der Waals surface area contributed by atoms with Crippen LogP contribution in [0.2, 0.25) is 0 Å². The van der Waals surface area contributed by atoms with E-state index < -0.39 is 0 Å². The first-order valence-corrected chi connectivity index (χ1v) is 11.5. The van der Waals surface area contributed by atoms with E-state index >= 15 is 0 Å². The van der Waals surface area contributed by atoms with E-state index in [1.165, 1.54) is 83.5 Å². The molecule has 0 aromatic carbocycles. The van der Waals surface area contributed by atoms with Crippen molar-refractivity contribution in [2.45, 2.75) is 116 Å². The third kappa shape index (κ3) is 21.9. The molecule has 4 nitrogen and oxygen atoms in total. The van der Waals surface area contributed by atoms with Crippen LogP contribution >= 0.6 is 0 Å². The Morgan fingerprint density at radius 3 is 1.50 bits per heavy atom. The first-order chi connectivity index (χ1) is 12.7. The maximum absolute atomic E-state index is 8.73. The second-order valence-electron chi connectivity index (χ2n) is 8.16. The minimum atomic E-state index is 0.236. The summed E-state index contributed by atoms with van der Waals surface area (Å²) in [5.41, 5.74) is 5.75. The number of nitrogens with one attached hydrogen (secondary N) is 2. The molecule has 5 N–H and O–H groups in total. The molecule has 0 amide bonds. The van der Waals surface area contributed by atoms with Gasteiger partial charge < -0.3 is 21.5 Å². The van der Waals surface area contributed by atoms with Crippen molar-refractivity contribution in [3.63, 3.8) is 0 Å². The van der Waals surface area contributed by atoms with Crippen molar-refractivity contribution in [3.8, 4) is 0 Å². The molecule has 0 radical (unpaired) electrons. The van der Waals surface area contributed by atoms with Gasteiger partial charge in [-0.2, -0.15) is 0 Å². The summed E-state index contributed by atoms with van der Waals surface area (Å²) < 4.78 is 0. The topological polar surface area (TPSA) is 70.3 Å². The molecule has 26 heavy (non-hydrogen) atoms. The van der Waals surface area contributed by atoms with Crippen molar-refractivity contribution in [1.29, 1.82) is 0 Å². The number of nitrogens with two attached hydrogens (primary N) is 1. The summed E-state index contributed by atoms with van der Waals surface area (Å²) in [6.07, 6.45) is 18.8. The zero-order chi connectivity index (χ0) is 19.3.